The molecule has 0 saturated heterocycles. The minimum Gasteiger partial charge on any atom is -0.454 e. The molecule has 71 heavy (non-hydrogen) atoms. The van der Waals surface area contributed by atoms with Gasteiger partial charge >= 0.3 is 6.85 Å². The summed E-state index contributed by atoms with van der Waals surface area (Å²) in [6.07, 6.45) is 0. The average Bonchev–Trinajstić information content (AvgIpc) is 3.83. The van der Waals surface area contributed by atoms with Gasteiger partial charge in [-0.05, 0) is 135 Å². The van der Waals surface area contributed by atoms with E-state index in [1.54, 1.807) is 0 Å². The molecule has 4 nitrogen and oxygen atoms in total. The van der Waals surface area contributed by atoms with Gasteiger partial charge in [0.15, 0.2) is 5.58 Å². The fraction of sp³-hybridized carbons (Fsp3) is 0. The lowest BCUT2D eigenvalue weighted by atomic mass is 9.43. The van der Waals surface area contributed by atoms with E-state index >= 15 is 0 Å². The number of furan rings is 1. The van der Waals surface area contributed by atoms with Crippen molar-refractivity contribution in [3.05, 3.63) is 267 Å². The summed E-state index contributed by atoms with van der Waals surface area (Å²) in [5.41, 5.74) is 22.1. The highest BCUT2D eigenvalue weighted by molar-refractivity contribution is 6.94. The van der Waals surface area contributed by atoms with Crippen molar-refractivity contribution in [2.45, 2.75) is 0 Å². The Bertz CT molecular complexity index is 3910. The summed E-state index contributed by atoms with van der Waals surface area (Å²) in [6, 6.07) is 96.8. The molecule has 11 aromatic carbocycles. The minimum absolute atomic E-state index is 0.252. The van der Waals surface area contributed by atoms with Crippen LogP contribution in [0.25, 0.3) is 66.4 Å². The predicted molar refractivity (Wildman–Crippen MR) is 298 cm³/mol. The van der Waals surface area contributed by atoms with Crippen molar-refractivity contribution in [3.8, 4) is 44.5 Å². The molecule has 332 valence electrons. The number of anilines is 8. The lowest BCUT2D eigenvalue weighted by Crippen LogP contribution is -2.61. The molecule has 0 bridgehead atoms. The Labute approximate surface area is 413 Å². The molecular formula is C66H44BN3O. The first-order chi connectivity index (χ1) is 35.2. The second-order valence-corrected chi connectivity index (χ2v) is 18.4. The van der Waals surface area contributed by atoms with Crippen molar-refractivity contribution >= 4 is 85.2 Å². The summed E-state index contributed by atoms with van der Waals surface area (Å²) in [7, 11) is 0. The van der Waals surface area contributed by atoms with Crippen molar-refractivity contribution in [2.24, 2.45) is 0 Å². The van der Waals surface area contributed by atoms with E-state index in [0.29, 0.717) is 0 Å². The maximum absolute atomic E-state index is 7.25. The van der Waals surface area contributed by atoms with Gasteiger partial charge in [0.05, 0.1) is 5.69 Å². The van der Waals surface area contributed by atoms with Crippen molar-refractivity contribution < 1.29 is 4.42 Å². The Morgan fingerprint density at radius 1 is 0.352 bits per heavy atom. The molecule has 0 atom stereocenters. The molecule has 0 spiro atoms. The van der Waals surface area contributed by atoms with Crippen molar-refractivity contribution in [1.29, 1.82) is 0 Å². The van der Waals surface area contributed by atoms with Gasteiger partial charge in [-0.3, -0.25) is 0 Å². The Morgan fingerprint density at radius 2 is 0.887 bits per heavy atom. The van der Waals surface area contributed by atoms with E-state index in [9.17, 15) is 0 Å². The normalized spacial score (nSPS) is 12.4. The summed E-state index contributed by atoms with van der Waals surface area (Å²) >= 11 is 0. The first kappa shape index (κ1) is 40.7. The maximum atomic E-state index is 7.25. The Balaban J connectivity index is 1.12. The van der Waals surface area contributed by atoms with Crippen LogP contribution in [0.4, 0.5) is 45.5 Å². The molecule has 0 aliphatic carbocycles. The van der Waals surface area contributed by atoms with Gasteiger partial charge in [-0.2, -0.15) is 0 Å². The molecule has 0 fully saturated rings. The highest BCUT2D eigenvalue weighted by atomic mass is 16.3. The number of nitrogens with zero attached hydrogens (tertiary/aromatic N) is 3. The number of hydrogen-bond donors (Lipinski definition) is 0. The van der Waals surface area contributed by atoms with Crippen LogP contribution in [0.15, 0.2) is 271 Å². The standard InChI is InChI=1S/C66H44BN3O/c1-6-20-45(21-7-1)48-26-18-32-53(40-48)69-62-43-54(68(51-28-12-4-13-29-51)52-30-14-5-15-31-52)37-38-60(62)67-64-58(44-59-56-34-16-17-35-63(56)71-66(59)65(64)69)57-42-50(47-24-10-3-11-25-47)36-39-61(57)70(67)55-33-19-27-49(41-55)46-22-8-2-9-23-46/h1-44H. The zero-order valence-electron chi connectivity index (χ0n) is 38.7. The molecule has 5 heteroatoms. The molecule has 1 aromatic heterocycles. The fourth-order valence-corrected chi connectivity index (χ4v) is 11.2. The van der Waals surface area contributed by atoms with E-state index in [4.69, 9.17) is 4.42 Å². The Kier molecular flexibility index (Phi) is 9.59. The van der Waals surface area contributed by atoms with Crippen LogP contribution in [0.2, 0.25) is 0 Å². The van der Waals surface area contributed by atoms with Gasteiger partial charge in [-0.25, -0.2) is 0 Å². The van der Waals surface area contributed by atoms with E-state index in [1.165, 1.54) is 38.7 Å². The number of hydrogen-bond acceptors (Lipinski definition) is 4. The van der Waals surface area contributed by atoms with Crippen LogP contribution in [-0.4, -0.2) is 6.85 Å². The van der Waals surface area contributed by atoms with E-state index in [1.807, 2.05) is 0 Å². The summed E-state index contributed by atoms with van der Waals surface area (Å²) in [5, 5.41) is 2.18. The lowest BCUT2D eigenvalue weighted by Gasteiger charge is -2.46. The Hall–Kier alpha value is -9.32. The van der Waals surface area contributed by atoms with E-state index in [0.717, 1.165) is 84.1 Å². The smallest absolute Gasteiger partial charge is 0.333 e. The van der Waals surface area contributed by atoms with Crippen LogP contribution in [-0.2, 0) is 0 Å². The zero-order valence-corrected chi connectivity index (χ0v) is 38.7. The zero-order chi connectivity index (χ0) is 46.8. The van der Waals surface area contributed by atoms with Crippen LogP contribution in [0.5, 0.6) is 0 Å². The second kappa shape index (κ2) is 16.7. The maximum Gasteiger partial charge on any atom is 0.333 e. The number of benzene rings is 11. The molecule has 12 aromatic rings. The summed E-state index contributed by atoms with van der Waals surface area (Å²) in [6.45, 7) is -0.252. The molecule has 14 rings (SSSR count). The summed E-state index contributed by atoms with van der Waals surface area (Å²) in [4.78, 5) is 7.47. The van der Waals surface area contributed by atoms with Gasteiger partial charge in [0.2, 0.25) is 0 Å². The van der Waals surface area contributed by atoms with Gasteiger partial charge in [0.25, 0.3) is 0 Å². The van der Waals surface area contributed by atoms with Gasteiger partial charge < -0.3 is 19.0 Å². The quantitative estimate of drug-likeness (QED) is 0.142. The topological polar surface area (TPSA) is 22.9 Å². The fourth-order valence-electron chi connectivity index (χ4n) is 11.2. The molecule has 0 radical (unpaired) electrons. The number of fused-ring (bicyclic) bond motifs is 8. The molecule has 0 unspecified atom stereocenters. The highest BCUT2D eigenvalue weighted by Gasteiger charge is 2.47. The second-order valence-electron chi connectivity index (χ2n) is 18.4. The first-order valence-electron chi connectivity index (χ1n) is 24.4. The van der Waals surface area contributed by atoms with E-state index in [-0.39, 0.29) is 6.85 Å². The van der Waals surface area contributed by atoms with Crippen LogP contribution < -0.4 is 25.5 Å². The van der Waals surface area contributed by atoms with Crippen molar-refractivity contribution in [2.75, 3.05) is 14.6 Å². The predicted octanol–water partition coefficient (Wildman–Crippen LogP) is 16.8. The monoisotopic (exact) mass is 905 g/mol. The van der Waals surface area contributed by atoms with Gasteiger partial charge in [0.1, 0.15) is 5.58 Å². The molecule has 0 saturated carbocycles. The van der Waals surface area contributed by atoms with Crippen LogP contribution >= 0.6 is 0 Å². The molecule has 2 aliphatic rings. The van der Waals surface area contributed by atoms with Crippen molar-refractivity contribution in [3.63, 3.8) is 0 Å². The third kappa shape index (κ3) is 6.77. The first-order valence-corrected chi connectivity index (χ1v) is 24.4. The van der Waals surface area contributed by atoms with Crippen LogP contribution in [0, 0.1) is 0 Å². The van der Waals surface area contributed by atoms with Crippen LogP contribution in [0.3, 0.4) is 0 Å². The van der Waals surface area contributed by atoms with E-state index in [2.05, 4.69) is 282 Å². The van der Waals surface area contributed by atoms with Crippen LogP contribution in [0.1, 0.15) is 0 Å². The Morgan fingerprint density at radius 3 is 1.52 bits per heavy atom. The number of para-hydroxylation sites is 3. The third-order valence-corrected chi connectivity index (χ3v) is 14.4. The lowest BCUT2D eigenvalue weighted by molar-refractivity contribution is 0.669. The SMILES string of the molecule is c1ccc(-c2cccc(N3B4c5ccc(N(c6ccccc6)c6ccccc6)cc5N(c5cccc(-c6ccccc6)c5)c5c4c(cc4c5oc5ccccc54)-c4cc(-c5ccccc5)ccc43)c2)cc1. The molecule has 3 heterocycles. The van der Waals surface area contributed by atoms with E-state index < -0.39 is 0 Å². The molecule has 0 N–H and O–H groups in total. The van der Waals surface area contributed by atoms with Gasteiger partial charge in [0, 0.05) is 56.1 Å². The third-order valence-electron chi connectivity index (χ3n) is 14.4. The number of rotatable bonds is 8. The average molecular weight is 906 g/mol. The minimum atomic E-state index is -0.252. The molecule has 2 aliphatic heterocycles. The highest BCUT2D eigenvalue weighted by Crippen LogP contribution is 2.52. The molecular weight excluding hydrogens is 862 g/mol. The van der Waals surface area contributed by atoms with Gasteiger partial charge in [-0.1, -0.05) is 182 Å². The summed E-state index contributed by atoms with van der Waals surface area (Å²) < 4.78 is 7.25. The summed E-state index contributed by atoms with van der Waals surface area (Å²) in [5.74, 6) is 0. The van der Waals surface area contributed by atoms with Gasteiger partial charge in [-0.15, -0.1) is 0 Å². The van der Waals surface area contributed by atoms with Crippen molar-refractivity contribution in [1.82, 2.24) is 0 Å². The largest absolute Gasteiger partial charge is 0.454 e. The molecule has 0 amide bonds.